The fraction of sp³-hybridized carbons (Fsp3) is 0.571. The maximum Gasteiger partial charge on any atom is 1.00 e. The molecule has 0 unspecified atom stereocenters. The van der Waals surface area contributed by atoms with Crippen LogP contribution >= 0.6 is 11.3 Å². The van der Waals surface area contributed by atoms with Gasteiger partial charge in [0.2, 0.25) is 5.06 Å². The van der Waals surface area contributed by atoms with Crippen molar-refractivity contribution in [2.24, 2.45) is 0 Å². The van der Waals surface area contributed by atoms with Crippen LogP contribution < -0.4 is 23.0 Å². The van der Waals surface area contributed by atoms with Gasteiger partial charge in [0.25, 0.3) is 10.4 Å². The van der Waals surface area contributed by atoms with E-state index in [0.717, 1.165) is 29.2 Å². The van der Waals surface area contributed by atoms with Gasteiger partial charge in [0, 0.05) is 5.92 Å². The molecule has 1 aliphatic rings. The number of nitrogens with zero attached hydrogens (tertiary/aromatic N) is 1. The van der Waals surface area contributed by atoms with Crippen molar-refractivity contribution in [2.75, 3.05) is 0 Å². The SMILES string of the molecule is Cc1nc(C2CC2)sc1OS(=O)(=O)[O-].[Li+]. The molecule has 1 heterocycles. The minimum absolute atomic E-state index is 0. The third-order valence-corrected chi connectivity index (χ3v) is 3.55. The molecule has 0 aliphatic heterocycles. The van der Waals surface area contributed by atoms with E-state index in [4.69, 9.17) is 0 Å². The van der Waals surface area contributed by atoms with Crippen LogP contribution in [0.2, 0.25) is 0 Å². The molecule has 1 aromatic heterocycles. The molecule has 1 aliphatic carbocycles. The van der Waals surface area contributed by atoms with Gasteiger partial charge >= 0.3 is 18.9 Å². The first-order valence-corrected chi connectivity index (χ1v) is 6.23. The Balaban J connectivity index is 0.00000112. The summed E-state index contributed by atoms with van der Waals surface area (Å²) < 4.78 is 35.3. The number of aromatic nitrogens is 1. The molecule has 1 saturated carbocycles. The van der Waals surface area contributed by atoms with Gasteiger partial charge in [-0.3, -0.25) is 0 Å². The Kier molecular flexibility index (Phi) is 3.84. The number of thiazole rings is 1. The largest absolute Gasteiger partial charge is 1.00 e. The van der Waals surface area contributed by atoms with Gasteiger partial charge < -0.3 is 8.74 Å². The van der Waals surface area contributed by atoms with Crippen molar-refractivity contribution >= 4 is 21.7 Å². The summed E-state index contributed by atoms with van der Waals surface area (Å²) in [6.45, 7) is 1.63. The van der Waals surface area contributed by atoms with Gasteiger partial charge in [0.1, 0.15) is 0 Å². The molecular weight excluding hydrogens is 233 g/mol. The second kappa shape index (κ2) is 4.43. The first kappa shape index (κ1) is 13.0. The quantitative estimate of drug-likeness (QED) is 0.353. The molecule has 0 N–H and O–H groups in total. The zero-order valence-electron chi connectivity index (χ0n) is 8.39. The van der Waals surface area contributed by atoms with Gasteiger partial charge in [-0.1, -0.05) is 11.3 Å². The Morgan fingerprint density at radius 3 is 2.60 bits per heavy atom. The second-order valence-corrected chi connectivity index (χ2v) is 5.17. The molecule has 15 heavy (non-hydrogen) atoms. The molecule has 1 fully saturated rings. The van der Waals surface area contributed by atoms with Crippen LogP contribution in [0.25, 0.3) is 0 Å². The summed E-state index contributed by atoms with van der Waals surface area (Å²) in [7, 11) is -4.67. The molecule has 0 radical (unpaired) electrons. The Labute approximate surface area is 104 Å². The van der Waals surface area contributed by atoms with Crippen molar-refractivity contribution < 1.29 is 36.0 Å². The fourth-order valence-electron chi connectivity index (χ4n) is 1.08. The van der Waals surface area contributed by atoms with E-state index in [1.54, 1.807) is 6.92 Å². The van der Waals surface area contributed by atoms with Gasteiger partial charge in [-0.25, -0.2) is 13.4 Å². The summed E-state index contributed by atoms with van der Waals surface area (Å²) in [5.74, 6) is 0.436. The van der Waals surface area contributed by atoms with Crippen molar-refractivity contribution in [3.8, 4) is 5.06 Å². The van der Waals surface area contributed by atoms with Crippen LogP contribution in [0, 0.1) is 6.92 Å². The van der Waals surface area contributed by atoms with Gasteiger partial charge in [0.15, 0.2) is 0 Å². The Morgan fingerprint density at radius 1 is 1.53 bits per heavy atom. The molecule has 0 atom stereocenters. The summed E-state index contributed by atoms with van der Waals surface area (Å²) in [6, 6.07) is 0. The molecular formula is C7H8LiNO4S2. The summed E-state index contributed by atoms with van der Waals surface area (Å²) in [4.78, 5) is 4.15. The molecule has 2 rings (SSSR count). The molecule has 0 bridgehead atoms. The van der Waals surface area contributed by atoms with Gasteiger partial charge in [-0.2, -0.15) is 0 Å². The minimum Gasteiger partial charge on any atom is -0.716 e. The van der Waals surface area contributed by atoms with E-state index in [1.165, 1.54) is 0 Å². The molecule has 0 aromatic carbocycles. The van der Waals surface area contributed by atoms with E-state index in [9.17, 15) is 13.0 Å². The van der Waals surface area contributed by atoms with Crippen LogP contribution in [-0.2, 0) is 10.4 Å². The van der Waals surface area contributed by atoms with Crippen molar-refractivity contribution in [1.82, 2.24) is 4.98 Å². The van der Waals surface area contributed by atoms with E-state index in [-0.39, 0.29) is 23.9 Å². The van der Waals surface area contributed by atoms with Crippen LogP contribution in [0.4, 0.5) is 0 Å². The summed E-state index contributed by atoms with van der Waals surface area (Å²) in [5.41, 5.74) is 0.469. The predicted molar refractivity (Wildman–Crippen MR) is 49.2 cm³/mol. The second-order valence-electron chi connectivity index (χ2n) is 3.19. The van der Waals surface area contributed by atoms with E-state index < -0.39 is 10.4 Å². The molecule has 8 heteroatoms. The maximum absolute atomic E-state index is 10.3. The summed E-state index contributed by atoms with van der Waals surface area (Å²) in [6.07, 6.45) is 2.16. The predicted octanol–water partition coefficient (Wildman–Crippen LogP) is -1.83. The zero-order valence-corrected chi connectivity index (χ0v) is 10.0. The Hall–Kier alpha value is -0.0626. The topological polar surface area (TPSA) is 79.3 Å². The average Bonchev–Trinajstić information content (AvgIpc) is 2.77. The molecule has 78 valence electrons. The van der Waals surface area contributed by atoms with E-state index in [0.29, 0.717) is 11.6 Å². The van der Waals surface area contributed by atoms with Crippen LogP contribution in [0.3, 0.4) is 0 Å². The first-order valence-electron chi connectivity index (χ1n) is 4.08. The van der Waals surface area contributed by atoms with Gasteiger partial charge in [-0.15, -0.1) is 0 Å². The van der Waals surface area contributed by atoms with E-state index >= 15 is 0 Å². The normalized spacial score (nSPS) is 15.9. The van der Waals surface area contributed by atoms with Crippen molar-refractivity contribution in [1.29, 1.82) is 0 Å². The van der Waals surface area contributed by atoms with Crippen LogP contribution in [-0.4, -0.2) is 18.0 Å². The number of hydrogen-bond donors (Lipinski definition) is 0. The van der Waals surface area contributed by atoms with E-state index in [1.807, 2.05) is 0 Å². The van der Waals surface area contributed by atoms with Crippen molar-refractivity contribution in [3.05, 3.63) is 10.7 Å². The fourth-order valence-corrected chi connectivity index (χ4v) is 2.74. The zero-order chi connectivity index (χ0) is 10.3. The molecule has 1 aromatic rings. The van der Waals surface area contributed by atoms with Crippen molar-refractivity contribution in [2.45, 2.75) is 25.7 Å². The average molecular weight is 241 g/mol. The number of aryl methyl sites for hydroxylation is 1. The van der Waals surface area contributed by atoms with Crippen LogP contribution in [0.5, 0.6) is 5.06 Å². The summed E-state index contributed by atoms with van der Waals surface area (Å²) in [5, 5.41) is 0.961. The smallest absolute Gasteiger partial charge is 0.716 e. The Bertz CT molecular complexity index is 452. The third kappa shape index (κ3) is 3.47. The standard InChI is InChI=1S/C7H9NO4S2.Li/c1-4-7(12-14(9,10)11)13-6(8-4)5-2-3-5;/h5H,2-3H2,1H3,(H,9,10,11);/q;+1/p-1. The van der Waals surface area contributed by atoms with Crippen LogP contribution in [0.15, 0.2) is 0 Å². The first-order chi connectivity index (χ1) is 6.46. The summed E-state index contributed by atoms with van der Waals surface area (Å²) >= 11 is 1.14. The van der Waals surface area contributed by atoms with E-state index in [2.05, 4.69) is 9.17 Å². The maximum atomic E-state index is 10.3. The van der Waals surface area contributed by atoms with Crippen molar-refractivity contribution in [3.63, 3.8) is 0 Å². The monoisotopic (exact) mass is 241 g/mol. The molecule has 0 saturated heterocycles. The van der Waals surface area contributed by atoms with Crippen LogP contribution in [0.1, 0.15) is 29.5 Å². The molecule has 5 nitrogen and oxygen atoms in total. The Morgan fingerprint density at radius 2 is 2.13 bits per heavy atom. The third-order valence-electron chi connectivity index (χ3n) is 1.87. The minimum atomic E-state index is -4.67. The van der Waals surface area contributed by atoms with Gasteiger partial charge in [0.05, 0.1) is 10.7 Å². The number of hydrogen-bond acceptors (Lipinski definition) is 6. The molecule has 0 amide bonds. The van der Waals surface area contributed by atoms with Gasteiger partial charge in [-0.05, 0) is 19.8 Å². The molecule has 0 spiro atoms. The number of rotatable bonds is 3.